The second-order valence-electron chi connectivity index (χ2n) is 2.75. The molecule has 0 fully saturated rings. The van der Waals surface area contributed by atoms with E-state index in [0.29, 0.717) is 15.8 Å². The molecule has 1 nitrogen and oxygen atoms in total. The van der Waals surface area contributed by atoms with Gasteiger partial charge in [0.15, 0.2) is 11.6 Å². The third kappa shape index (κ3) is 2.94. The van der Waals surface area contributed by atoms with Crippen LogP contribution in [-0.2, 0) is 0 Å². The van der Waals surface area contributed by atoms with Crippen LogP contribution in [0.25, 0.3) is 0 Å². The average Bonchev–Trinajstić information content (AvgIpc) is 2.14. The van der Waals surface area contributed by atoms with Crippen molar-refractivity contribution in [2.75, 3.05) is 11.9 Å². The van der Waals surface area contributed by atoms with E-state index < -0.39 is 11.6 Å². The normalized spacial score (nSPS) is 9.93. The number of anilines is 1. The fourth-order valence-electron chi connectivity index (χ4n) is 0.967. The average molecular weight is 309 g/mol. The van der Waals surface area contributed by atoms with E-state index >= 15 is 0 Å². The molecule has 1 N–H and O–H groups in total. The van der Waals surface area contributed by atoms with Gasteiger partial charge in [-0.2, -0.15) is 0 Å². The van der Waals surface area contributed by atoms with Crippen LogP contribution in [0.5, 0.6) is 0 Å². The van der Waals surface area contributed by atoms with Gasteiger partial charge in [0.25, 0.3) is 0 Å². The molecule has 0 heterocycles. The van der Waals surface area contributed by atoms with Gasteiger partial charge in [-0.05, 0) is 35.1 Å². The Kier molecular flexibility index (Phi) is 4.31. The maximum absolute atomic E-state index is 12.8. The first-order valence-corrected chi connectivity index (χ1v) is 5.22. The van der Waals surface area contributed by atoms with Crippen LogP contribution in [-0.4, -0.2) is 6.54 Å². The largest absolute Gasteiger partial charge is 0.384 e. The first-order valence-electron chi connectivity index (χ1n) is 4.14. The summed E-state index contributed by atoms with van der Waals surface area (Å²) in [6, 6.07) is 2.34. The van der Waals surface area contributed by atoms with Crippen molar-refractivity contribution in [3.8, 4) is 0 Å². The molecule has 0 atom stereocenters. The van der Waals surface area contributed by atoms with E-state index in [1.54, 1.807) is 6.08 Å². The minimum Gasteiger partial charge on any atom is -0.384 e. The minimum absolute atomic E-state index is 0.617. The molecule has 0 aromatic heterocycles. The first-order chi connectivity index (χ1) is 6.65. The molecule has 0 saturated heterocycles. The summed E-state index contributed by atoms with van der Waals surface area (Å²) in [5.74, 6) is -1.64. The fraction of sp³-hybridized carbons (Fsp3) is 0.200. The van der Waals surface area contributed by atoms with E-state index in [4.69, 9.17) is 0 Å². The Hall–Kier alpha value is -0.650. The predicted octanol–water partition coefficient (Wildman–Crippen LogP) is 3.56. The lowest BCUT2D eigenvalue weighted by Crippen LogP contribution is -2.03. The van der Waals surface area contributed by atoms with Gasteiger partial charge in [-0.3, -0.25) is 0 Å². The Morgan fingerprint density at radius 1 is 1.36 bits per heavy atom. The third-order valence-corrected chi connectivity index (χ3v) is 2.57. The summed E-state index contributed by atoms with van der Waals surface area (Å²) in [6.45, 7) is 4.24. The van der Waals surface area contributed by atoms with E-state index in [0.717, 1.165) is 6.42 Å². The highest BCUT2D eigenvalue weighted by Crippen LogP contribution is 2.21. The predicted molar refractivity (Wildman–Crippen MR) is 62.4 cm³/mol. The zero-order valence-corrected chi connectivity index (χ0v) is 9.64. The van der Waals surface area contributed by atoms with Crippen LogP contribution in [0, 0.1) is 15.2 Å². The van der Waals surface area contributed by atoms with Crippen LogP contribution in [0.4, 0.5) is 14.5 Å². The van der Waals surface area contributed by atoms with Crippen LogP contribution >= 0.6 is 22.6 Å². The number of hydrogen-bond donors (Lipinski definition) is 1. The lowest BCUT2D eigenvalue weighted by molar-refractivity contribution is 0.508. The van der Waals surface area contributed by atoms with Gasteiger partial charge in [-0.15, -0.1) is 6.58 Å². The summed E-state index contributed by atoms with van der Waals surface area (Å²) in [6.07, 6.45) is 2.55. The van der Waals surface area contributed by atoms with E-state index in [9.17, 15) is 8.78 Å². The molecule has 14 heavy (non-hydrogen) atoms. The highest BCUT2D eigenvalue weighted by molar-refractivity contribution is 14.1. The van der Waals surface area contributed by atoms with E-state index in [1.807, 2.05) is 22.6 Å². The Labute approximate surface area is 95.3 Å². The van der Waals surface area contributed by atoms with Crippen LogP contribution in [0.2, 0.25) is 0 Å². The summed E-state index contributed by atoms with van der Waals surface area (Å²) in [5, 5.41) is 3.00. The van der Waals surface area contributed by atoms with E-state index in [-0.39, 0.29) is 0 Å². The molecule has 0 spiro atoms. The molecule has 0 aliphatic carbocycles. The van der Waals surface area contributed by atoms with Crippen molar-refractivity contribution in [1.82, 2.24) is 0 Å². The highest BCUT2D eigenvalue weighted by Gasteiger charge is 2.06. The minimum atomic E-state index is -0.827. The summed E-state index contributed by atoms with van der Waals surface area (Å²) < 4.78 is 26.2. The van der Waals surface area contributed by atoms with Crippen LogP contribution < -0.4 is 5.32 Å². The van der Waals surface area contributed by atoms with E-state index in [1.165, 1.54) is 12.1 Å². The molecule has 0 aliphatic rings. The topological polar surface area (TPSA) is 12.0 Å². The van der Waals surface area contributed by atoms with Gasteiger partial charge < -0.3 is 5.32 Å². The van der Waals surface area contributed by atoms with Gasteiger partial charge in [0.2, 0.25) is 0 Å². The Balaban J connectivity index is 2.76. The van der Waals surface area contributed by atoms with Gasteiger partial charge in [0, 0.05) is 16.2 Å². The quantitative estimate of drug-likeness (QED) is 0.388. The van der Waals surface area contributed by atoms with Crippen molar-refractivity contribution in [3.05, 3.63) is 40.0 Å². The van der Waals surface area contributed by atoms with Crippen molar-refractivity contribution in [2.24, 2.45) is 0 Å². The van der Waals surface area contributed by atoms with Crippen molar-refractivity contribution >= 4 is 28.3 Å². The Morgan fingerprint density at radius 2 is 2.00 bits per heavy atom. The van der Waals surface area contributed by atoms with Gasteiger partial charge in [-0.1, -0.05) is 6.08 Å². The zero-order chi connectivity index (χ0) is 10.6. The lowest BCUT2D eigenvalue weighted by Gasteiger charge is -2.07. The summed E-state index contributed by atoms with van der Waals surface area (Å²) in [7, 11) is 0. The van der Waals surface area contributed by atoms with Gasteiger partial charge in [0.05, 0.1) is 5.69 Å². The lowest BCUT2D eigenvalue weighted by atomic mass is 10.3. The van der Waals surface area contributed by atoms with Crippen molar-refractivity contribution in [2.45, 2.75) is 6.42 Å². The van der Waals surface area contributed by atoms with Gasteiger partial charge in [0.1, 0.15) is 0 Å². The number of nitrogens with one attached hydrogen (secondary N) is 1. The summed E-state index contributed by atoms with van der Waals surface area (Å²) in [5.41, 5.74) is 0.617. The zero-order valence-electron chi connectivity index (χ0n) is 7.49. The SMILES string of the molecule is C=CCCNc1cc(F)c(F)cc1I. The Bertz CT molecular complexity index is 339. The van der Waals surface area contributed by atoms with Gasteiger partial charge in [-0.25, -0.2) is 8.78 Å². The van der Waals surface area contributed by atoms with Crippen LogP contribution in [0.15, 0.2) is 24.8 Å². The number of rotatable bonds is 4. The molecular formula is C10H10F2IN. The fourth-order valence-corrected chi connectivity index (χ4v) is 1.59. The summed E-state index contributed by atoms with van der Waals surface area (Å²) in [4.78, 5) is 0. The Morgan fingerprint density at radius 3 is 2.64 bits per heavy atom. The van der Waals surface area contributed by atoms with Crippen molar-refractivity contribution in [1.29, 1.82) is 0 Å². The standard InChI is InChI=1S/C10H10F2IN/c1-2-3-4-14-10-6-8(12)7(11)5-9(10)13/h2,5-6,14H,1,3-4H2. The van der Waals surface area contributed by atoms with Crippen LogP contribution in [0.3, 0.4) is 0 Å². The molecule has 0 amide bonds. The molecule has 1 aromatic rings. The number of halogens is 3. The highest BCUT2D eigenvalue weighted by atomic mass is 127. The molecule has 4 heteroatoms. The maximum atomic E-state index is 12.8. The summed E-state index contributed by atoms with van der Waals surface area (Å²) >= 11 is 1.96. The van der Waals surface area contributed by atoms with E-state index in [2.05, 4.69) is 11.9 Å². The molecule has 0 aliphatic heterocycles. The third-order valence-electron chi connectivity index (χ3n) is 1.67. The van der Waals surface area contributed by atoms with Crippen molar-refractivity contribution < 1.29 is 8.78 Å². The number of hydrogen-bond acceptors (Lipinski definition) is 1. The second kappa shape index (κ2) is 5.29. The molecule has 0 unspecified atom stereocenters. The monoisotopic (exact) mass is 309 g/mol. The molecule has 1 aromatic carbocycles. The first kappa shape index (κ1) is 11.4. The maximum Gasteiger partial charge on any atom is 0.160 e. The molecule has 0 bridgehead atoms. The molecule has 76 valence electrons. The molecular weight excluding hydrogens is 299 g/mol. The van der Waals surface area contributed by atoms with Crippen molar-refractivity contribution in [3.63, 3.8) is 0 Å². The molecule has 1 rings (SSSR count). The molecule has 0 radical (unpaired) electrons. The van der Waals surface area contributed by atoms with Crippen LogP contribution in [0.1, 0.15) is 6.42 Å². The smallest absolute Gasteiger partial charge is 0.160 e. The van der Waals surface area contributed by atoms with Gasteiger partial charge >= 0.3 is 0 Å². The number of benzene rings is 1. The second-order valence-corrected chi connectivity index (χ2v) is 3.91. The molecule has 0 saturated carbocycles.